The number of benzene rings is 1. The number of nitrogens with one attached hydrogen (secondary N) is 1. The van der Waals surface area contributed by atoms with Gasteiger partial charge in [-0.1, -0.05) is 36.4 Å². The van der Waals surface area contributed by atoms with Crippen LogP contribution in [0, 0.1) is 0 Å². The van der Waals surface area contributed by atoms with Crippen molar-refractivity contribution in [1.82, 2.24) is 15.1 Å². The van der Waals surface area contributed by atoms with Gasteiger partial charge in [-0.05, 0) is 25.0 Å². The highest BCUT2D eigenvalue weighted by Crippen LogP contribution is 2.33. The molecule has 0 unspecified atom stereocenters. The maximum absolute atomic E-state index is 12.8. The van der Waals surface area contributed by atoms with E-state index in [-0.39, 0.29) is 30.5 Å². The first-order chi connectivity index (χ1) is 13.7. The Morgan fingerprint density at radius 3 is 2.61 bits per heavy atom. The number of aliphatic hydroxyl groups is 1. The average molecular weight is 388 g/mol. The molecule has 0 saturated carbocycles. The van der Waals surface area contributed by atoms with Gasteiger partial charge in [-0.25, -0.2) is 0 Å². The third-order valence-corrected chi connectivity index (χ3v) is 5.79. The van der Waals surface area contributed by atoms with E-state index in [0.717, 1.165) is 13.1 Å². The van der Waals surface area contributed by atoms with Crippen molar-refractivity contribution in [2.75, 3.05) is 52.5 Å². The standard InChI is InChI=1S/C22H33N3O3/c1-3-5-17-6-8-18(9-7-17)22-19(23-20(22)16-26)14-25(4-2)21(27)15-24-10-12-28-13-11-24/h3,5-9,19-20,22-23,26H,4,10-16H2,1-2H3/b5-3+/t19-,20-,22-/m1/s1. The Bertz CT molecular complexity index is 655. The van der Waals surface area contributed by atoms with Crippen LogP contribution in [-0.4, -0.2) is 85.4 Å². The van der Waals surface area contributed by atoms with Crippen LogP contribution in [0.25, 0.3) is 6.08 Å². The zero-order valence-corrected chi connectivity index (χ0v) is 17.0. The number of carbonyl (C=O) groups excluding carboxylic acids is 1. The van der Waals surface area contributed by atoms with Gasteiger partial charge in [0.15, 0.2) is 0 Å². The number of aliphatic hydroxyl groups excluding tert-OH is 1. The third-order valence-electron chi connectivity index (χ3n) is 5.79. The minimum absolute atomic E-state index is 0.0469. The highest BCUT2D eigenvalue weighted by molar-refractivity contribution is 5.78. The lowest BCUT2D eigenvalue weighted by Gasteiger charge is -2.47. The highest BCUT2D eigenvalue weighted by Gasteiger charge is 2.42. The predicted molar refractivity (Wildman–Crippen MR) is 111 cm³/mol. The molecule has 28 heavy (non-hydrogen) atoms. The topological polar surface area (TPSA) is 65.0 Å². The van der Waals surface area contributed by atoms with E-state index in [0.29, 0.717) is 32.8 Å². The van der Waals surface area contributed by atoms with Crippen molar-refractivity contribution >= 4 is 12.0 Å². The van der Waals surface area contributed by atoms with Crippen LogP contribution in [-0.2, 0) is 9.53 Å². The Balaban J connectivity index is 1.62. The van der Waals surface area contributed by atoms with E-state index in [2.05, 4.69) is 40.6 Å². The summed E-state index contributed by atoms with van der Waals surface area (Å²) in [5.74, 6) is 0.385. The van der Waals surface area contributed by atoms with Crippen LogP contribution in [0.2, 0.25) is 0 Å². The second-order valence-electron chi connectivity index (χ2n) is 7.58. The molecule has 1 amide bonds. The van der Waals surface area contributed by atoms with Gasteiger partial charge in [-0.15, -0.1) is 0 Å². The highest BCUT2D eigenvalue weighted by atomic mass is 16.5. The zero-order chi connectivity index (χ0) is 19.9. The lowest BCUT2D eigenvalue weighted by atomic mass is 9.77. The molecule has 6 heteroatoms. The van der Waals surface area contributed by atoms with Crippen molar-refractivity contribution in [3.05, 3.63) is 41.5 Å². The first kappa shape index (κ1) is 21.0. The van der Waals surface area contributed by atoms with Crippen LogP contribution in [0.4, 0.5) is 0 Å². The number of amides is 1. The van der Waals surface area contributed by atoms with Crippen molar-refractivity contribution in [1.29, 1.82) is 0 Å². The molecule has 2 aliphatic rings. The van der Waals surface area contributed by atoms with E-state index >= 15 is 0 Å². The van der Waals surface area contributed by atoms with E-state index in [9.17, 15) is 9.90 Å². The number of nitrogens with zero attached hydrogens (tertiary/aromatic N) is 2. The molecule has 2 fully saturated rings. The molecule has 154 valence electrons. The van der Waals surface area contributed by atoms with Gasteiger partial charge < -0.3 is 20.1 Å². The molecule has 6 nitrogen and oxygen atoms in total. The number of hydrogen-bond donors (Lipinski definition) is 2. The Hall–Kier alpha value is -1.73. The Kier molecular flexibility index (Phi) is 7.62. The van der Waals surface area contributed by atoms with Crippen molar-refractivity contribution in [2.24, 2.45) is 0 Å². The van der Waals surface area contributed by atoms with Crippen LogP contribution < -0.4 is 5.32 Å². The fraction of sp³-hybridized carbons (Fsp3) is 0.591. The molecule has 1 aromatic carbocycles. The van der Waals surface area contributed by atoms with Gasteiger partial charge in [-0.3, -0.25) is 9.69 Å². The summed E-state index contributed by atoms with van der Waals surface area (Å²) in [6.45, 7) is 8.99. The summed E-state index contributed by atoms with van der Waals surface area (Å²) in [5.41, 5.74) is 2.39. The summed E-state index contributed by atoms with van der Waals surface area (Å²) in [6, 6.07) is 8.72. The number of likely N-dealkylation sites (N-methyl/N-ethyl adjacent to an activating group) is 1. The van der Waals surface area contributed by atoms with Crippen LogP contribution in [0.3, 0.4) is 0 Å². The number of allylic oxidation sites excluding steroid dienone is 1. The molecule has 0 spiro atoms. The van der Waals surface area contributed by atoms with E-state index in [1.165, 1.54) is 11.1 Å². The molecule has 3 atom stereocenters. The first-order valence-electron chi connectivity index (χ1n) is 10.3. The SMILES string of the molecule is C/C=C/c1ccc([C@H]2[C@@H](CO)N[C@@H]2CN(CC)C(=O)CN2CCOCC2)cc1. The zero-order valence-electron chi connectivity index (χ0n) is 17.0. The number of ether oxygens (including phenoxy) is 1. The van der Waals surface area contributed by atoms with E-state index in [1.54, 1.807) is 0 Å². The lowest BCUT2D eigenvalue weighted by molar-refractivity contribution is -0.134. The Morgan fingerprint density at radius 1 is 1.29 bits per heavy atom. The van der Waals surface area contributed by atoms with Gasteiger partial charge in [0.2, 0.25) is 5.91 Å². The summed E-state index contributed by atoms with van der Waals surface area (Å²) in [5, 5.41) is 13.2. The minimum atomic E-state index is 0.0469. The van der Waals surface area contributed by atoms with Gasteiger partial charge in [0, 0.05) is 44.2 Å². The Morgan fingerprint density at radius 2 is 2.00 bits per heavy atom. The monoisotopic (exact) mass is 387 g/mol. The molecular formula is C22H33N3O3. The smallest absolute Gasteiger partial charge is 0.236 e. The van der Waals surface area contributed by atoms with Crippen LogP contribution in [0.1, 0.15) is 30.9 Å². The largest absolute Gasteiger partial charge is 0.395 e. The Labute approximate surface area is 168 Å². The van der Waals surface area contributed by atoms with Crippen LogP contribution >= 0.6 is 0 Å². The van der Waals surface area contributed by atoms with Gasteiger partial charge in [-0.2, -0.15) is 0 Å². The van der Waals surface area contributed by atoms with Crippen LogP contribution in [0.15, 0.2) is 30.3 Å². The minimum Gasteiger partial charge on any atom is -0.395 e. The normalized spacial score (nSPS) is 25.6. The number of hydrogen-bond acceptors (Lipinski definition) is 5. The van der Waals surface area contributed by atoms with Crippen LogP contribution in [0.5, 0.6) is 0 Å². The summed E-state index contributed by atoms with van der Waals surface area (Å²) in [4.78, 5) is 16.9. The van der Waals surface area contributed by atoms with Crippen molar-refractivity contribution in [3.63, 3.8) is 0 Å². The second kappa shape index (κ2) is 10.2. The van der Waals surface area contributed by atoms with Crippen molar-refractivity contribution in [3.8, 4) is 0 Å². The maximum atomic E-state index is 12.8. The summed E-state index contributed by atoms with van der Waals surface area (Å²) in [7, 11) is 0. The lowest BCUT2D eigenvalue weighted by Crippen LogP contribution is -2.65. The van der Waals surface area contributed by atoms with E-state index in [1.807, 2.05) is 24.8 Å². The summed E-state index contributed by atoms with van der Waals surface area (Å²) >= 11 is 0. The summed E-state index contributed by atoms with van der Waals surface area (Å²) < 4.78 is 5.37. The number of rotatable bonds is 8. The van der Waals surface area contributed by atoms with E-state index in [4.69, 9.17) is 4.74 Å². The fourth-order valence-electron chi connectivity index (χ4n) is 4.16. The van der Waals surface area contributed by atoms with Gasteiger partial charge in [0.05, 0.1) is 26.4 Å². The molecule has 0 bridgehead atoms. The molecule has 0 aromatic heterocycles. The first-order valence-corrected chi connectivity index (χ1v) is 10.3. The molecule has 2 aliphatic heterocycles. The number of carbonyl (C=O) groups is 1. The van der Waals surface area contributed by atoms with Crippen molar-refractivity contribution < 1.29 is 14.6 Å². The molecule has 2 heterocycles. The number of morpholine rings is 1. The average Bonchev–Trinajstić information content (AvgIpc) is 2.70. The summed E-state index contributed by atoms with van der Waals surface area (Å²) in [6.07, 6.45) is 4.10. The second-order valence-corrected chi connectivity index (χ2v) is 7.58. The van der Waals surface area contributed by atoms with Crippen molar-refractivity contribution in [2.45, 2.75) is 31.8 Å². The molecule has 2 saturated heterocycles. The molecular weight excluding hydrogens is 354 g/mol. The van der Waals surface area contributed by atoms with Gasteiger partial charge in [0.25, 0.3) is 0 Å². The maximum Gasteiger partial charge on any atom is 0.236 e. The molecule has 1 aromatic rings. The molecule has 2 N–H and O–H groups in total. The molecule has 3 rings (SSSR count). The fourth-order valence-corrected chi connectivity index (χ4v) is 4.16. The van der Waals surface area contributed by atoms with Gasteiger partial charge >= 0.3 is 0 Å². The molecule has 0 radical (unpaired) electrons. The molecule has 0 aliphatic carbocycles. The third kappa shape index (κ3) is 5.00. The van der Waals surface area contributed by atoms with Gasteiger partial charge in [0.1, 0.15) is 0 Å². The predicted octanol–water partition coefficient (Wildman–Crippen LogP) is 1.32. The quantitative estimate of drug-likeness (QED) is 0.704. The van der Waals surface area contributed by atoms with E-state index < -0.39 is 0 Å².